The third-order valence-corrected chi connectivity index (χ3v) is 6.35. The third-order valence-electron chi connectivity index (χ3n) is 6.35. The molecule has 0 nitrogen and oxygen atoms in total. The predicted molar refractivity (Wildman–Crippen MR) is 96.2 cm³/mol. The fourth-order valence-corrected chi connectivity index (χ4v) is 4.85. The van der Waals surface area contributed by atoms with Crippen LogP contribution in [0.2, 0.25) is 0 Å². The summed E-state index contributed by atoms with van der Waals surface area (Å²) < 4.78 is 38.7. The molecule has 0 saturated heterocycles. The topological polar surface area (TPSA) is 0 Å². The number of halogens is 3. The van der Waals surface area contributed by atoms with Gasteiger partial charge in [-0.15, -0.1) is 0 Å². The summed E-state index contributed by atoms with van der Waals surface area (Å²) in [5.41, 5.74) is 0.957. The van der Waals surface area contributed by atoms with Gasteiger partial charge >= 0.3 is 0 Å². The van der Waals surface area contributed by atoms with E-state index >= 15 is 0 Å². The summed E-state index contributed by atoms with van der Waals surface area (Å²) in [6.45, 7) is -0.257. The SMILES string of the molecule is FCC/C=C/[C@H]1CC[C@H](C2CCC(c3ccc(F)c(F)c3)CC2)CC1. The van der Waals surface area contributed by atoms with E-state index < -0.39 is 11.6 Å². The highest BCUT2D eigenvalue weighted by atomic mass is 19.2. The molecule has 1 aromatic carbocycles. The molecule has 0 unspecified atom stereocenters. The van der Waals surface area contributed by atoms with Gasteiger partial charge in [-0.05, 0) is 99.2 Å². The van der Waals surface area contributed by atoms with Crippen molar-refractivity contribution in [2.75, 3.05) is 6.67 Å². The Morgan fingerprint density at radius 3 is 2.08 bits per heavy atom. The van der Waals surface area contributed by atoms with Crippen molar-refractivity contribution in [3.8, 4) is 0 Å². The molecule has 3 heteroatoms. The average Bonchev–Trinajstić information content (AvgIpc) is 2.65. The van der Waals surface area contributed by atoms with Gasteiger partial charge in [-0.2, -0.15) is 0 Å². The van der Waals surface area contributed by atoms with E-state index in [1.54, 1.807) is 6.07 Å². The maximum Gasteiger partial charge on any atom is 0.159 e. The third kappa shape index (κ3) is 4.89. The number of allylic oxidation sites excluding steroid dienone is 2. The van der Waals surface area contributed by atoms with E-state index in [0.717, 1.165) is 30.2 Å². The van der Waals surface area contributed by atoms with Crippen LogP contribution in [0.4, 0.5) is 13.2 Å². The van der Waals surface area contributed by atoms with Crippen LogP contribution < -0.4 is 0 Å². The summed E-state index contributed by atoms with van der Waals surface area (Å²) in [4.78, 5) is 0. The Bertz CT molecular complexity index is 565. The molecule has 2 aliphatic rings. The largest absolute Gasteiger partial charge is 0.251 e. The van der Waals surface area contributed by atoms with Gasteiger partial charge in [0, 0.05) is 0 Å². The van der Waals surface area contributed by atoms with Gasteiger partial charge in [-0.1, -0.05) is 18.2 Å². The number of hydrogen-bond donors (Lipinski definition) is 0. The zero-order valence-electron chi connectivity index (χ0n) is 14.9. The van der Waals surface area contributed by atoms with Crippen molar-refractivity contribution in [3.05, 3.63) is 47.5 Å². The molecule has 1 aromatic rings. The van der Waals surface area contributed by atoms with E-state index in [-0.39, 0.29) is 6.67 Å². The second kappa shape index (κ2) is 8.91. The predicted octanol–water partition coefficient (Wildman–Crippen LogP) is 6.96. The highest BCUT2D eigenvalue weighted by Crippen LogP contribution is 2.44. The minimum atomic E-state index is -0.755. The summed E-state index contributed by atoms with van der Waals surface area (Å²) in [6, 6.07) is 4.39. The second-order valence-corrected chi connectivity index (χ2v) is 7.87. The van der Waals surface area contributed by atoms with E-state index in [2.05, 4.69) is 6.08 Å². The Kier molecular flexibility index (Phi) is 6.61. The van der Waals surface area contributed by atoms with E-state index in [1.807, 2.05) is 6.08 Å². The number of rotatable bonds is 5. The van der Waals surface area contributed by atoms with Crippen LogP contribution in [0, 0.1) is 29.4 Å². The minimum absolute atomic E-state index is 0.257. The van der Waals surface area contributed by atoms with Crippen LogP contribution in [0.3, 0.4) is 0 Å². The lowest BCUT2D eigenvalue weighted by molar-refractivity contribution is 0.171. The van der Waals surface area contributed by atoms with Crippen molar-refractivity contribution in [1.82, 2.24) is 0 Å². The highest BCUT2D eigenvalue weighted by Gasteiger charge is 2.30. The Morgan fingerprint density at radius 1 is 0.840 bits per heavy atom. The van der Waals surface area contributed by atoms with Crippen LogP contribution in [0.5, 0.6) is 0 Å². The molecule has 138 valence electrons. The normalized spacial score (nSPS) is 30.7. The molecule has 2 saturated carbocycles. The number of alkyl halides is 1. The molecule has 2 aliphatic carbocycles. The van der Waals surface area contributed by atoms with Crippen molar-refractivity contribution in [3.63, 3.8) is 0 Å². The molecule has 25 heavy (non-hydrogen) atoms. The van der Waals surface area contributed by atoms with Gasteiger partial charge in [0.1, 0.15) is 0 Å². The van der Waals surface area contributed by atoms with Gasteiger partial charge in [0.15, 0.2) is 11.6 Å². The zero-order chi connectivity index (χ0) is 17.6. The molecule has 0 aliphatic heterocycles. The molecule has 0 amide bonds. The first kappa shape index (κ1) is 18.5. The van der Waals surface area contributed by atoms with Gasteiger partial charge in [0.25, 0.3) is 0 Å². The lowest BCUT2D eigenvalue weighted by atomic mass is 9.68. The molecule has 0 heterocycles. The average molecular weight is 350 g/mol. The van der Waals surface area contributed by atoms with Crippen LogP contribution >= 0.6 is 0 Å². The van der Waals surface area contributed by atoms with Crippen LogP contribution in [0.15, 0.2) is 30.4 Å². The molecule has 0 bridgehead atoms. The highest BCUT2D eigenvalue weighted by molar-refractivity contribution is 5.22. The van der Waals surface area contributed by atoms with Crippen molar-refractivity contribution in [1.29, 1.82) is 0 Å². The zero-order valence-corrected chi connectivity index (χ0v) is 14.9. The van der Waals surface area contributed by atoms with E-state index in [4.69, 9.17) is 0 Å². The lowest BCUT2D eigenvalue weighted by Gasteiger charge is -2.37. The quantitative estimate of drug-likeness (QED) is 0.503. The van der Waals surface area contributed by atoms with Gasteiger partial charge in [0.05, 0.1) is 6.67 Å². The van der Waals surface area contributed by atoms with Crippen molar-refractivity contribution in [2.45, 2.75) is 63.7 Å². The first-order valence-electron chi connectivity index (χ1n) is 9.85. The number of benzene rings is 1. The molecule has 0 spiro atoms. The van der Waals surface area contributed by atoms with Crippen LogP contribution in [-0.4, -0.2) is 6.67 Å². The summed E-state index contributed by atoms with van der Waals surface area (Å²) >= 11 is 0. The first-order valence-corrected chi connectivity index (χ1v) is 9.85. The first-order chi connectivity index (χ1) is 12.2. The van der Waals surface area contributed by atoms with Crippen molar-refractivity contribution in [2.24, 2.45) is 17.8 Å². The van der Waals surface area contributed by atoms with Crippen molar-refractivity contribution >= 4 is 0 Å². The van der Waals surface area contributed by atoms with Crippen LogP contribution in [-0.2, 0) is 0 Å². The molecule has 0 aromatic heterocycles. The Balaban J connectivity index is 1.46. The smallest absolute Gasteiger partial charge is 0.159 e. The van der Waals surface area contributed by atoms with Gasteiger partial charge < -0.3 is 0 Å². The monoisotopic (exact) mass is 350 g/mol. The molecular weight excluding hydrogens is 321 g/mol. The van der Waals surface area contributed by atoms with Gasteiger partial charge in [-0.3, -0.25) is 4.39 Å². The maximum atomic E-state index is 13.4. The van der Waals surface area contributed by atoms with Crippen LogP contribution in [0.25, 0.3) is 0 Å². The number of hydrogen-bond acceptors (Lipinski definition) is 0. The van der Waals surface area contributed by atoms with Crippen molar-refractivity contribution < 1.29 is 13.2 Å². The summed E-state index contributed by atoms with van der Waals surface area (Å²) in [6.07, 6.45) is 14.4. The fourth-order valence-electron chi connectivity index (χ4n) is 4.85. The van der Waals surface area contributed by atoms with E-state index in [0.29, 0.717) is 18.3 Å². The molecule has 0 N–H and O–H groups in total. The molecule has 0 atom stereocenters. The Morgan fingerprint density at radius 2 is 1.48 bits per heavy atom. The Labute approximate surface area is 149 Å². The van der Waals surface area contributed by atoms with Gasteiger partial charge in [0.2, 0.25) is 0 Å². The minimum Gasteiger partial charge on any atom is -0.251 e. The molecule has 0 radical (unpaired) electrons. The van der Waals surface area contributed by atoms with E-state index in [9.17, 15) is 13.2 Å². The standard InChI is InChI=1S/C22H29F3/c23-14-2-1-3-16-4-6-17(7-5-16)18-8-10-19(11-9-18)20-12-13-21(24)22(25)15-20/h1,3,12-13,15-19H,2,4-11,14H2/b3-1+/t16-,17-,18?,19?. The molecule has 2 fully saturated rings. The van der Waals surface area contributed by atoms with Gasteiger partial charge in [-0.25, -0.2) is 8.78 Å². The second-order valence-electron chi connectivity index (χ2n) is 7.87. The lowest BCUT2D eigenvalue weighted by Crippen LogP contribution is -2.25. The summed E-state index contributed by atoms with van der Waals surface area (Å²) in [7, 11) is 0. The molecular formula is C22H29F3. The molecule has 3 rings (SSSR count). The Hall–Kier alpha value is -1.25. The maximum absolute atomic E-state index is 13.4. The fraction of sp³-hybridized carbons (Fsp3) is 0.636. The van der Waals surface area contributed by atoms with E-state index in [1.165, 1.54) is 50.7 Å². The van der Waals surface area contributed by atoms with Crippen LogP contribution in [0.1, 0.15) is 69.3 Å². The summed E-state index contributed by atoms with van der Waals surface area (Å²) in [5.74, 6) is 1.15. The summed E-state index contributed by atoms with van der Waals surface area (Å²) in [5, 5.41) is 0.